The molecule has 1 heterocycles. The van der Waals surface area contributed by atoms with Crippen molar-refractivity contribution in [3.05, 3.63) is 12.1 Å². The highest BCUT2D eigenvalue weighted by atomic mass is 32.2. The maximum absolute atomic E-state index is 11.1. The van der Waals surface area contributed by atoms with Crippen molar-refractivity contribution in [3.8, 4) is 5.75 Å². The van der Waals surface area contributed by atoms with Gasteiger partial charge in [0.25, 0.3) is 0 Å². The number of sulfonamides is 1. The summed E-state index contributed by atoms with van der Waals surface area (Å²) >= 11 is 1.44. The van der Waals surface area contributed by atoms with Crippen LogP contribution in [0, 0.1) is 0 Å². The predicted octanol–water partition coefficient (Wildman–Crippen LogP) is 1.72. The molecule has 0 aromatic carbocycles. The molecule has 0 radical (unpaired) electrons. The average molecular weight is 274 g/mol. The van der Waals surface area contributed by atoms with Crippen molar-refractivity contribution in [2.75, 3.05) is 17.2 Å². The van der Waals surface area contributed by atoms with Crippen LogP contribution in [0.3, 0.4) is 0 Å². The Balaban J connectivity index is 2.24. The molecule has 0 bridgehead atoms. The Bertz CT molecular complexity index is 512. The second kappa shape index (κ2) is 4.73. The third-order valence-corrected chi connectivity index (χ3v) is 3.31. The van der Waals surface area contributed by atoms with Crippen LogP contribution in [0.25, 0.3) is 0 Å². The topological polar surface area (TPSA) is 68.3 Å². The van der Waals surface area contributed by atoms with E-state index in [0.29, 0.717) is 11.6 Å². The summed E-state index contributed by atoms with van der Waals surface area (Å²) in [5.74, 6) is 0.966. The molecule has 2 rings (SSSR count). The fourth-order valence-corrected chi connectivity index (χ4v) is 2.18. The fourth-order valence-electron chi connectivity index (χ4n) is 1.27. The van der Waals surface area contributed by atoms with E-state index in [1.54, 1.807) is 6.07 Å². The number of anilines is 1. The first-order valence-corrected chi connectivity index (χ1v) is 8.28. The lowest BCUT2D eigenvalue weighted by Crippen LogP contribution is -2.11. The van der Waals surface area contributed by atoms with Crippen LogP contribution in [-0.2, 0) is 10.0 Å². The molecule has 1 aliphatic rings. The molecule has 17 heavy (non-hydrogen) atoms. The van der Waals surface area contributed by atoms with Crippen molar-refractivity contribution in [1.29, 1.82) is 0 Å². The molecule has 1 aromatic rings. The monoisotopic (exact) mass is 274 g/mol. The molecule has 0 unspecified atom stereocenters. The number of thioether (sulfide) groups is 1. The quantitative estimate of drug-likeness (QED) is 0.828. The van der Waals surface area contributed by atoms with Gasteiger partial charge in [0.1, 0.15) is 16.6 Å². The Morgan fingerprint density at radius 2 is 2.18 bits per heavy atom. The summed E-state index contributed by atoms with van der Waals surface area (Å²) in [6.07, 6.45) is 5.38. The van der Waals surface area contributed by atoms with Crippen LogP contribution in [0.4, 0.5) is 5.82 Å². The first-order valence-electron chi connectivity index (χ1n) is 5.17. The SMILES string of the molecule is CSc1cc(OC2CC2)cc(NS(C)(=O)=O)n1. The molecule has 1 N–H and O–H groups in total. The Labute approximate surface area is 105 Å². The second-order valence-corrected chi connectivity index (χ2v) is 6.50. The van der Waals surface area contributed by atoms with Crippen molar-refractivity contribution in [2.45, 2.75) is 24.0 Å². The molecule has 1 aromatic heterocycles. The molecular formula is C10H14N2O3S2. The number of pyridine rings is 1. The van der Waals surface area contributed by atoms with E-state index in [-0.39, 0.29) is 6.10 Å². The summed E-state index contributed by atoms with van der Waals surface area (Å²) < 4.78 is 30.3. The Morgan fingerprint density at radius 1 is 1.47 bits per heavy atom. The van der Waals surface area contributed by atoms with Gasteiger partial charge in [-0.15, -0.1) is 11.8 Å². The second-order valence-electron chi connectivity index (χ2n) is 3.92. The predicted molar refractivity (Wildman–Crippen MR) is 68.1 cm³/mol. The van der Waals surface area contributed by atoms with Gasteiger partial charge in [0.15, 0.2) is 0 Å². The van der Waals surface area contributed by atoms with E-state index in [2.05, 4.69) is 9.71 Å². The number of hydrogen-bond donors (Lipinski definition) is 1. The highest BCUT2D eigenvalue weighted by molar-refractivity contribution is 7.98. The number of hydrogen-bond acceptors (Lipinski definition) is 5. The minimum Gasteiger partial charge on any atom is -0.490 e. The lowest BCUT2D eigenvalue weighted by atomic mass is 10.4. The van der Waals surface area contributed by atoms with Gasteiger partial charge in [0, 0.05) is 12.1 Å². The third-order valence-electron chi connectivity index (χ3n) is 2.10. The lowest BCUT2D eigenvalue weighted by molar-refractivity contribution is 0.302. The molecule has 1 aliphatic carbocycles. The van der Waals surface area contributed by atoms with E-state index in [1.807, 2.05) is 12.3 Å². The zero-order valence-corrected chi connectivity index (χ0v) is 11.3. The Morgan fingerprint density at radius 3 is 2.71 bits per heavy atom. The fraction of sp³-hybridized carbons (Fsp3) is 0.500. The normalized spacial score (nSPS) is 15.6. The van der Waals surface area contributed by atoms with Gasteiger partial charge >= 0.3 is 0 Å². The van der Waals surface area contributed by atoms with Crippen LogP contribution in [0.1, 0.15) is 12.8 Å². The number of nitrogens with one attached hydrogen (secondary N) is 1. The van der Waals surface area contributed by atoms with Gasteiger partial charge in [0.05, 0.1) is 12.4 Å². The Hall–Kier alpha value is -0.950. The molecule has 0 saturated heterocycles. The molecule has 0 spiro atoms. The minimum atomic E-state index is -3.31. The molecule has 0 atom stereocenters. The molecule has 1 saturated carbocycles. The molecule has 0 aliphatic heterocycles. The maximum atomic E-state index is 11.1. The van der Waals surface area contributed by atoms with Crippen molar-refractivity contribution in [1.82, 2.24) is 4.98 Å². The van der Waals surface area contributed by atoms with Crippen LogP contribution >= 0.6 is 11.8 Å². The van der Waals surface area contributed by atoms with E-state index in [4.69, 9.17) is 4.74 Å². The highest BCUT2D eigenvalue weighted by Crippen LogP contribution is 2.30. The highest BCUT2D eigenvalue weighted by Gasteiger charge is 2.24. The summed E-state index contributed by atoms with van der Waals surface area (Å²) in [5.41, 5.74) is 0. The van der Waals surface area contributed by atoms with Crippen LogP contribution < -0.4 is 9.46 Å². The first kappa shape index (κ1) is 12.5. The molecule has 5 nitrogen and oxygen atoms in total. The van der Waals surface area contributed by atoms with E-state index in [1.165, 1.54) is 11.8 Å². The minimum absolute atomic E-state index is 0.276. The zero-order chi connectivity index (χ0) is 12.5. The van der Waals surface area contributed by atoms with Crippen molar-refractivity contribution in [3.63, 3.8) is 0 Å². The molecule has 7 heteroatoms. The third kappa shape index (κ3) is 4.08. The van der Waals surface area contributed by atoms with E-state index >= 15 is 0 Å². The smallest absolute Gasteiger partial charge is 0.230 e. The largest absolute Gasteiger partial charge is 0.490 e. The standard InChI is InChI=1S/C10H14N2O3S2/c1-16-10-6-8(15-7-3-4-7)5-9(11-10)12-17(2,13)14/h5-7H,3-4H2,1-2H3,(H,11,12). The van der Waals surface area contributed by atoms with Gasteiger partial charge < -0.3 is 4.74 Å². The summed E-state index contributed by atoms with van der Waals surface area (Å²) in [5, 5.41) is 0.731. The average Bonchev–Trinajstić information content (AvgIpc) is 2.98. The van der Waals surface area contributed by atoms with Crippen LogP contribution in [0.5, 0.6) is 5.75 Å². The molecule has 1 fully saturated rings. The number of rotatable bonds is 5. The van der Waals surface area contributed by atoms with Crippen molar-refractivity contribution >= 4 is 27.6 Å². The lowest BCUT2D eigenvalue weighted by Gasteiger charge is -2.09. The van der Waals surface area contributed by atoms with Gasteiger partial charge in [0.2, 0.25) is 10.0 Å². The summed E-state index contributed by atoms with van der Waals surface area (Å²) in [6.45, 7) is 0. The number of ether oxygens (including phenoxy) is 1. The summed E-state index contributed by atoms with van der Waals surface area (Å²) in [7, 11) is -3.31. The van der Waals surface area contributed by atoms with Crippen LogP contribution in [0.15, 0.2) is 17.2 Å². The number of aromatic nitrogens is 1. The van der Waals surface area contributed by atoms with Crippen molar-refractivity contribution < 1.29 is 13.2 Å². The van der Waals surface area contributed by atoms with Gasteiger partial charge in [-0.25, -0.2) is 13.4 Å². The first-order chi connectivity index (χ1) is 7.96. The van der Waals surface area contributed by atoms with Gasteiger partial charge in [-0.2, -0.15) is 0 Å². The molecule has 94 valence electrons. The number of nitrogens with zero attached hydrogens (tertiary/aromatic N) is 1. The zero-order valence-electron chi connectivity index (χ0n) is 9.63. The van der Waals surface area contributed by atoms with E-state index in [9.17, 15) is 8.42 Å². The van der Waals surface area contributed by atoms with E-state index in [0.717, 1.165) is 24.1 Å². The van der Waals surface area contributed by atoms with Crippen molar-refractivity contribution in [2.24, 2.45) is 0 Å². The van der Waals surface area contributed by atoms with E-state index < -0.39 is 10.0 Å². The Kier molecular flexibility index (Phi) is 3.48. The molecular weight excluding hydrogens is 260 g/mol. The maximum Gasteiger partial charge on any atom is 0.230 e. The van der Waals surface area contributed by atoms with Gasteiger partial charge in [-0.05, 0) is 19.1 Å². The van der Waals surface area contributed by atoms with Crippen LogP contribution in [-0.4, -0.2) is 32.0 Å². The summed E-state index contributed by atoms with van der Waals surface area (Å²) in [6, 6.07) is 3.43. The van der Waals surface area contributed by atoms with Crippen LogP contribution in [0.2, 0.25) is 0 Å². The van der Waals surface area contributed by atoms with Gasteiger partial charge in [-0.3, -0.25) is 4.72 Å². The summed E-state index contributed by atoms with van der Waals surface area (Å²) in [4.78, 5) is 4.16. The van der Waals surface area contributed by atoms with Gasteiger partial charge in [-0.1, -0.05) is 0 Å². The molecule has 0 amide bonds.